The van der Waals surface area contributed by atoms with E-state index in [4.69, 9.17) is 14.5 Å². The third kappa shape index (κ3) is 6.51. The first-order chi connectivity index (χ1) is 18.9. The highest BCUT2D eigenvalue weighted by Crippen LogP contribution is 2.35. The summed E-state index contributed by atoms with van der Waals surface area (Å²) in [5.74, 6) is 1.80. The second-order valence-electron chi connectivity index (χ2n) is 9.51. The number of ether oxygens (including phenoxy) is 2. The fourth-order valence-electron chi connectivity index (χ4n) is 4.83. The van der Waals surface area contributed by atoms with Crippen molar-refractivity contribution in [1.82, 2.24) is 9.66 Å². The quantitative estimate of drug-likeness (QED) is 0.139. The summed E-state index contributed by atoms with van der Waals surface area (Å²) in [5, 5.41) is 5.19. The van der Waals surface area contributed by atoms with Crippen LogP contribution in [0.4, 0.5) is 4.39 Å². The van der Waals surface area contributed by atoms with Crippen molar-refractivity contribution in [3.63, 3.8) is 0 Å². The zero-order chi connectivity index (χ0) is 27.4. The molecule has 6 nitrogen and oxygen atoms in total. The number of halogens is 3. The van der Waals surface area contributed by atoms with Gasteiger partial charge in [-0.05, 0) is 95.9 Å². The summed E-state index contributed by atoms with van der Waals surface area (Å²) >= 11 is 5.68. The Bertz CT molecular complexity index is 1570. The molecule has 0 N–H and O–H groups in total. The third-order valence-corrected chi connectivity index (χ3v) is 8.05. The Morgan fingerprint density at radius 2 is 1.87 bits per heavy atom. The molecule has 39 heavy (non-hydrogen) atoms. The second kappa shape index (κ2) is 12.6. The molecule has 4 aromatic rings. The lowest BCUT2D eigenvalue weighted by molar-refractivity contribution is 0.267. The molecule has 0 atom stereocenters. The van der Waals surface area contributed by atoms with Crippen LogP contribution in [-0.4, -0.2) is 22.5 Å². The van der Waals surface area contributed by atoms with Gasteiger partial charge in [-0.15, -0.1) is 0 Å². The van der Waals surface area contributed by atoms with Crippen LogP contribution in [-0.2, 0) is 6.61 Å². The molecule has 1 aromatic heterocycles. The maximum absolute atomic E-state index is 13.6. The summed E-state index contributed by atoms with van der Waals surface area (Å²) in [6, 6.07) is 15.6. The molecule has 202 valence electrons. The fourth-order valence-corrected chi connectivity index (χ4v) is 5.97. The number of rotatable bonds is 8. The molecule has 0 radical (unpaired) electrons. The Hall–Kier alpha value is -2.79. The molecular weight excluding hydrogens is 676 g/mol. The summed E-state index contributed by atoms with van der Waals surface area (Å²) in [6.45, 7) is 2.65. The molecule has 1 fully saturated rings. The van der Waals surface area contributed by atoms with E-state index in [2.05, 4.69) is 43.6 Å². The van der Waals surface area contributed by atoms with E-state index in [1.54, 1.807) is 24.4 Å². The van der Waals surface area contributed by atoms with Gasteiger partial charge in [-0.25, -0.2) is 9.37 Å². The third-order valence-electron chi connectivity index (χ3n) is 6.75. The van der Waals surface area contributed by atoms with Crippen molar-refractivity contribution in [3.8, 4) is 11.5 Å². The van der Waals surface area contributed by atoms with Crippen molar-refractivity contribution >= 4 is 55.6 Å². The van der Waals surface area contributed by atoms with Gasteiger partial charge < -0.3 is 9.47 Å². The lowest BCUT2D eigenvalue weighted by Crippen LogP contribution is -2.25. The van der Waals surface area contributed by atoms with Gasteiger partial charge in [0.05, 0.1) is 27.3 Å². The summed E-state index contributed by atoms with van der Waals surface area (Å²) in [7, 11) is 0. The Balaban J connectivity index is 1.50. The van der Waals surface area contributed by atoms with Crippen LogP contribution in [0.3, 0.4) is 0 Å². The first-order valence-corrected chi connectivity index (χ1v) is 14.9. The van der Waals surface area contributed by atoms with Gasteiger partial charge >= 0.3 is 0 Å². The molecule has 0 spiro atoms. The van der Waals surface area contributed by atoms with E-state index in [0.717, 1.165) is 44.9 Å². The van der Waals surface area contributed by atoms with Crippen LogP contribution < -0.4 is 15.0 Å². The van der Waals surface area contributed by atoms with Gasteiger partial charge in [0.15, 0.2) is 11.5 Å². The Labute approximate surface area is 248 Å². The predicted molar refractivity (Wildman–Crippen MR) is 164 cm³/mol. The van der Waals surface area contributed by atoms with E-state index < -0.39 is 0 Å². The van der Waals surface area contributed by atoms with Crippen molar-refractivity contribution in [2.75, 3.05) is 6.61 Å². The van der Waals surface area contributed by atoms with Crippen molar-refractivity contribution < 1.29 is 13.9 Å². The monoisotopic (exact) mass is 703 g/mol. The molecule has 0 amide bonds. The zero-order valence-electron chi connectivity index (χ0n) is 21.5. The Morgan fingerprint density at radius 3 is 2.62 bits per heavy atom. The van der Waals surface area contributed by atoms with Crippen LogP contribution >= 0.6 is 38.5 Å². The first kappa shape index (κ1) is 27.8. The van der Waals surface area contributed by atoms with Crippen LogP contribution in [0.5, 0.6) is 11.5 Å². The van der Waals surface area contributed by atoms with Crippen molar-refractivity contribution in [3.05, 3.63) is 95.8 Å². The topological polar surface area (TPSA) is 65.7 Å². The molecule has 0 bridgehead atoms. The molecule has 5 rings (SSSR count). The molecule has 9 heteroatoms. The standard InChI is InChI=1S/C30H28BrFIN3O3/c1-2-38-27-15-20(14-25(33)28(27)39-18-19-8-11-23(32)12-9-19)17-34-36-29(21-6-4-3-5-7-21)35-26-13-10-22(31)16-24(26)30(36)37/h8-17,21H,2-7,18H2,1H3. The second-order valence-corrected chi connectivity index (χ2v) is 11.6. The number of benzene rings is 3. The summed E-state index contributed by atoms with van der Waals surface area (Å²) < 4.78 is 28.4. The average Bonchev–Trinajstić information content (AvgIpc) is 2.94. The van der Waals surface area contributed by atoms with Crippen LogP contribution in [0.15, 0.2) is 69.0 Å². The lowest BCUT2D eigenvalue weighted by atomic mass is 9.88. The molecule has 1 aliphatic rings. The SMILES string of the molecule is CCOc1cc(C=Nn2c(C3CCCCC3)nc3ccc(Br)cc3c2=O)cc(I)c1OCc1ccc(F)cc1. The highest BCUT2D eigenvalue weighted by molar-refractivity contribution is 14.1. The molecule has 1 aliphatic carbocycles. The number of hydrogen-bond donors (Lipinski definition) is 0. The zero-order valence-corrected chi connectivity index (χ0v) is 25.2. The number of nitrogens with zero attached hydrogens (tertiary/aromatic N) is 3. The maximum atomic E-state index is 13.6. The number of aromatic nitrogens is 2. The van der Waals surface area contributed by atoms with Crippen LogP contribution in [0.25, 0.3) is 10.9 Å². The normalized spacial score (nSPS) is 14.3. The average molecular weight is 704 g/mol. The van der Waals surface area contributed by atoms with E-state index in [1.165, 1.54) is 23.2 Å². The van der Waals surface area contributed by atoms with E-state index >= 15 is 0 Å². The molecule has 1 heterocycles. The highest BCUT2D eigenvalue weighted by Gasteiger charge is 2.22. The highest BCUT2D eigenvalue weighted by atomic mass is 127. The Kier molecular flexibility index (Phi) is 8.96. The van der Waals surface area contributed by atoms with Gasteiger partial charge in [0, 0.05) is 10.4 Å². The molecule has 1 saturated carbocycles. The minimum Gasteiger partial charge on any atom is -0.490 e. The first-order valence-electron chi connectivity index (χ1n) is 13.0. The van der Waals surface area contributed by atoms with E-state index in [0.29, 0.717) is 34.8 Å². The Morgan fingerprint density at radius 1 is 1.10 bits per heavy atom. The maximum Gasteiger partial charge on any atom is 0.282 e. The lowest BCUT2D eigenvalue weighted by Gasteiger charge is -2.22. The molecule has 0 unspecified atom stereocenters. The number of hydrogen-bond acceptors (Lipinski definition) is 5. The summed E-state index contributed by atoms with van der Waals surface area (Å²) in [4.78, 5) is 18.5. The van der Waals surface area contributed by atoms with Crippen molar-refractivity contribution in [2.45, 2.75) is 51.6 Å². The molecule has 3 aromatic carbocycles. The van der Waals surface area contributed by atoms with Gasteiger partial charge in [-0.3, -0.25) is 4.79 Å². The minimum absolute atomic E-state index is 0.183. The minimum atomic E-state index is -0.285. The summed E-state index contributed by atoms with van der Waals surface area (Å²) in [5.41, 5.74) is 2.13. The number of fused-ring (bicyclic) bond motifs is 1. The molecule has 0 aliphatic heterocycles. The summed E-state index contributed by atoms with van der Waals surface area (Å²) in [6.07, 6.45) is 7.12. The van der Waals surface area contributed by atoms with Crippen LogP contribution in [0.1, 0.15) is 61.9 Å². The van der Waals surface area contributed by atoms with Gasteiger partial charge in [-0.1, -0.05) is 47.3 Å². The van der Waals surface area contributed by atoms with E-state index in [9.17, 15) is 9.18 Å². The smallest absolute Gasteiger partial charge is 0.282 e. The van der Waals surface area contributed by atoms with Gasteiger partial charge in [0.2, 0.25) is 0 Å². The van der Waals surface area contributed by atoms with E-state index in [1.807, 2.05) is 31.2 Å². The van der Waals surface area contributed by atoms with Gasteiger partial charge in [0.25, 0.3) is 5.56 Å². The van der Waals surface area contributed by atoms with Gasteiger partial charge in [-0.2, -0.15) is 9.78 Å². The van der Waals surface area contributed by atoms with Crippen molar-refractivity contribution in [2.24, 2.45) is 5.10 Å². The molecule has 0 saturated heterocycles. The fraction of sp³-hybridized carbons (Fsp3) is 0.300. The van der Waals surface area contributed by atoms with Gasteiger partial charge in [0.1, 0.15) is 18.2 Å². The largest absolute Gasteiger partial charge is 0.490 e. The molecular formula is C30H28BrFIN3O3. The van der Waals surface area contributed by atoms with E-state index in [-0.39, 0.29) is 23.9 Å². The van der Waals surface area contributed by atoms with Crippen molar-refractivity contribution in [1.29, 1.82) is 0 Å². The van der Waals surface area contributed by atoms with Crippen LogP contribution in [0, 0.1) is 9.39 Å². The predicted octanol–water partition coefficient (Wildman–Crippen LogP) is 7.81. The van der Waals surface area contributed by atoms with Crippen LogP contribution in [0.2, 0.25) is 0 Å².